The molecule has 0 bridgehead atoms. The van der Waals surface area contributed by atoms with E-state index in [1.165, 1.54) is 0 Å². The summed E-state index contributed by atoms with van der Waals surface area (Å²) >= 11 is 8.00. The molecule has 1 heterocycles. The Hall–Kier alpha value is 0.950. The van der Waals surface area contributed by atoms with Crippen molar-refractivity contribution < 1.29 is 36.8 Å². The number of benzene rings is 1. The highest BCUT2D eigenvalue weighted by Crippen LogP contribution is 2.34. The van der Waals surface area contributed by atoms with Gasteiger partial charge in [0.05, 0.1) is 17.7 Å². The highest BCUT2D eigenvalue weighted by Gasteiger charge is 2.31. The molecule has 0 spiro atoms. The molecule has 1 fully saturated rings. The Morgan fingerprint density at radius 2 is 1.46 bits per heavy atom. The Morgan fingerprint density at radius 1 is 1.00 bits per heavy atom. The van der Waals surface area contributed by atoms with Crippen LogP contribution in [0.5, 0.6) is 0 Å². The lowest BCUT2D eigenvalue weighted by Gasteiger charge is -2.16. The average molecular weight is 834 g/mol. The van der Waals surface area contributed by atoms with Crippen LogP contribution in [-0.2, 0) is 24.3 Å². The molecule has 1 aromatic carbocycles. The van der Waals surface area contributed by atoms with Gasteiger partial charge in [-0.1, -0.05) is 0 Å². The third-order valence-electron chi connectivity index (χ3n) is 3.05. The lowest BCUT2D eigenvalue weighted by atomic mass is 10.1. The zero-order valence-corrected chi connectivity index (χ0v) is 22.1. The van der Waals surface area contributed by atoms with Crippen molar-refractivity contribution in [2.75, 3.05) is 25.6 Å². The van der Waals surface area contributed by atoms with Gasteiger partial charge in [-0.25, -0.2) is 9.59 Å². The van der Waals surface area contributed by atoms with Crippen LogP contribution in [0.25, 0.3) is 0 Å². The number of hydrogen-bond acceptors (Lipinski definition) is 7. The normalized spacial score (nSPS) is 16.3. The summed E-state index contributed by atoms with van der Waals surface area (Å²) in [4.78, 5) is 25.0. The summed E-state index contributed by atoms with van der Waals surface area (Å²) in [6.45, 7) is 0.0826. The number of epoxide rings is 1. The summed E-state index contributed by atoms with van der Waals surface area (Å²) in [5, 5.41) is 0. The van der Waals surface area contributed by atoms with Crippen molar-refractivity contribution in [2.24, 2.45) is 0 Å². The summed E-state index contributed by atoms with van der Waals surface area (Å²) in [5.74, 6) is -2.27. The first-order valence-corrected chi connectivity index (χ1v) is 12.7. The van der Waals surface area contributed by atoms with Crippen molar-refractivity contribution in [3.05, 3.63) is 25.4 Å². The van der Waals surface area contributed by atoms with Crippen molar-refractivity contribution in [2.45, 2.75) is 6.10 Å². The van der Waals surface area contributed by atoms with Gasteiger partial charge in [-0.2, -0.15) is 8.42 Å². The molecule has 8 nitrogen and oxygen atoms in total. The van der Waals surface area contributed by atoms with E-state index >= 15 is 0 Å². The van der Waals surface area contributed by atoms with Crippen molar-refractivity contribution in [3.8, 4) is 0 Å². The minimum Gasteiger partial charge on any atom is -0.461 e. The van der Waals surface area contributed by atoms with Crippen LogP contribution in [-0.4, -0.2) is 56.6 Å². The van der Waals surface area contributed by atoms with E-state index in [2.05, 4.69) is 45.2 Å². The van der Waals surface area contributed by atoms with Gasteiger partial charge in [0, 0.05) is 14.3 Å². The Kier molecular flexibility index (Phi) is 8.61. The second-order valence-corrected chi connectivity index (χ2v) is 10.9. The number of rotatable bonds is 7. The van der Waals surface area contributed by atoms with Crippen LogP contribution < -0.4 is 0 Å². The van der Waals surface area contributed by atoms with E-state index in [9.17, 15) is 18.0 Å². The smallest absolute Gasteiger partial charge is 0.340 e. The summed E-state index contributed by atoms with van der Waals surface area (Å²) in [7, 11) is -4.26. The first-order valence-electron chi connectivity index (χ1n) is 6.80. The summed E-state index contributed by atoms with van der Waals surface area (Å²) in [6, 6.07) is 0. The fourth-order valence-corrected chi connectivity index (χ4v) is 5.66. The second-order valence-electron chi connectivity index (χ2n) is 4.98. The van der Waals surface area contributed by atoms with Gasteiger partial charge in [-0.05, 0) is 90.4 Å². The molecule has 2 rings (SSSR count). The maximum Gasteiger partial charge on any atom is 0.340 e. The van der Waals surface area contributed by atoms with Crippen LogP contribution in [0.15, 0.2) is 0 Å². The first-order chi connectivity index (χ1) is 12.0. The van der Waals surface area contributed by atoms with E-state index in [1.807, 2.05) is 45.2 Å². The lowest BCUT2D eigenvalue weighted by molar-refractivity contribution is 0.0446. The Labute approximate surface area is 203 Å². The minimum absolute atomic E-state index is 0.0110. The zero-order chi connectivity index (χ0) is 19.6. The van der Waals surface area contributed by atoms with Crippen molar-refractivity contribution in [3.63, 3.8) is 0 Å². The second kappa shape index (κ2) is 9.63. The molecule has 26 heavy (non-hydrogen) atoms. The number of halogens is 4. The highest BCUT2D eigenvalue weighted by molar-refractivity contribution is 14.1. The van der Waals surface area contributed by atoms with Gasteiger partial charge >= 0.3 is 11.9 Å². The molecule has 1 aliphatic heterocycles. The topological polar surface area (TPSA) is 120 Å². The highest BCUT2D eigenvalue weighted by atomic mass is 127. The molecule has 0 aromatic heterocycles. The van der Waals surface area contributed by atoms with E-state index in [0.29, 0.717) is 13.7 Å². The van der Waals surface area contributed by atoms with Gasteiger partial charge in [0.1, 0.15) is 25.1 Å². The molecule has 1 atom stereocenters. The molecular weight excluding hydrogens is 824 g/mol. The van der Waals surface area contributed by atoms with E-state index in [0.717, 1.165) is 7.14 Å². The predicted octanol–water partition coefficient (Wildman–Crippen LogP) is 2.71. The predicted molar refractivity (Wildman–Crippen MR) is 124 cm³/mol. The average Bonchev–Trinajstić information content (AvgIpc) is 3.36. The summed E-state index contributed by atoms with van der Waals surface area (Å²) in [5.41, 5.74) is 0.0780. The summed E-state index contributed by atoms with van der Waals surface area (Å²) in [6.07, 6.45) is -0.122. The van der Waals surface area contributed by atoms with Crippen molar-refractivity contribution >= 4 is 112 Å². The molecule has 1 N–H and O–H groups in total. The number of carbonyl (C=O) groups excluding carboxylic acids is 2. The van der Waals surface area contributed by atoms with Crippen LogP contribution in [0, 0.1) is 14.3 Å². The zero-order valence-electron chi connectivity index (χ0n) is 12.6. The first kappa shape index (κ1) is 23.2. The lowest BCUT2D eigenvalue weighted by Crippen LogP contribution is -2.22. The molecule has 1 unspecified atom stereocenters. The number of ether oxygens (including phenoxy) is 3. The molecule has 0 amide bonds. The maximum atomic E-state index is 12.5. The molecule has 0 radical (unpaired) electrons. The summed E-state index contributed by atoms with van der Waals surface area (Å²) < 4.78 is 48.0. The molecule has 0 aliphatic carbocycles. The molecular formula is C13H10I4O8S. The van der Waals surface area contributed by atoms with Gasteiger partial charge in [-0.15, -0.1) is 0 Å². The third-order valence-corrected chi connectivity index (χ3v) is 11.1. The SMILES string of the molecule is O=C(OCCS(=O)(=O)O)c1c(I)c(I)c(I)c(I)c1C(=O)OCC1CO1. The Balaban J connectivity index is 2.34. The molecule has 1 aliphatic rings. The molecule has 1 aromatic rings. The fourth-order valence-electron chi connectivity index (χ4n) is 1.73. The molecule has 1 saturated heterocycles. The molecule has 0 saturated carbocycles. The molecule has 13 heteroatoms. The van der Waals surface area contributed by atoms with E-state index in [1.54, 1.807) is 0 Å². The van der Waals surface area contributed by atoms with Gasteiger partial charge in [0.15, 0.2) is 0 Å². The van der Waals surface area contributed by atoms with Crippen LogP contribution in [0.3, 0.4) is 0 Å². The van der Waals surface area contributed by atoms with E-state index in [4.69, 9.17) is 18.8 Å². The van der Waals surface area contributed by atoms with Gasteiger partial charge in [-0.3, -0.25) is 4.55 Å². The van der Waals surface area contributed by atoms with Crippen molar-refractivity contribution in [1.82, 2.24) is 0 Å². The number of carbonyl (C=O) groups is 2. The van der Waals surface area contributed by atoms with Crippen LogP contribution in [0.4, 0.5) is 0 Å². The largest absolute Gasteiger partial charge is 0.461 e. The van der Waals surface area contributed by atoms with Gasteiger partial charge < -0.3 is 14.2 Å². The monoisotopic (exact) mass is 834 g/mol. The van der Waals surface area contributed by atoms with E-state index in [-0.39, 0.29) is 23.8 Å². The van der Waals surface area contributed by atoms with Gasteiger partial charge in [0.2, 0.25) is 0 Å². The maximum absolute atomic E-state index is 12.5. The van der Waals surface area contributed by atoms with Crippen LogP contribution in [0.1, 0.15) is 20.7 Å². The Bertz CT molecular complexity index is 850. The number of hydrogen-bond donors (Lipinski definition) is 1. The van der Waals surface area contributed by atoms with Crippen LogP contribution in [0.2, 0.25) is 0 Å². The minimum atomic E-state index is -4.26. The quantitative estimate of drug-likeness (QED) is 0.111. The van der Waals surface area contributed by atoms with Crippen molar-refractivity contribution in [1.29, 1.82) is 0 Å². The standard InChI is InChI=1S/C13H10I4O8S/c14-8-6(12(18)23-1-2-26(20,21)22)7(9(15)11(17)10(8)16)13(19)25-4-5-3-24-5/h5H,1-4H2,(H,20,21,22). The van der Waals surface area contributed by atoms with Crippen LogP contribution >= 0.6 is 90.4 Å². The fraction of sp³-hybridized carbons (Fsp3) is 0.385. The third kappa shape index (κ3) is 6.22. The number of esters is 2. The van der Waals surface area contributed by atoms with Gasteiger partial charge in [0.25, 0.3) is 10.1 Å². The van der Waals surface area contributed by atoms with E-state index < -0.39 is 34.4 Å². The molecule has 144 valence electrons. The Morgan fingerprint density at radius 3 is 1.88 bits per heavy atom.